The van der Waals surface area contributed by atoms with Crippen LogP contribution in [0.25, 0.3) is 0 Å². The van der Waals surface area contributed by atoms with Crippen molar-refractivity contribution in [2.24, 2.45) is 0 Å². The number of carboxylic acid groups (broad SMARTS) is 1. The Bertz CT molecular complexity index is 886. The second-order valence-electron chi connectivity index (χ2n) is 4.34. The van der Waals surface area contributed by atoms with E-state index in [1.165, 1.54) is 11.4 Å². The normalized spacial score (nSPS) is 12.2. The summed E-state index contributed by atoms with van der Waals surface area (Å²) in [5.74, 6) is -1.37. The SMILES string of the molecule is O=C(O)c1sccc1NS(=O)(=O)c1c(Cl)cc(C(F)(F)F)cc1Cl. The fraction of sp³-hybridized carbons (Fsp3) is 0.0833. The number of halogens is 5. The van der Waals surface area contributed by atoms with Crippen LogP contribution in [0, 0.1) is 0 Å². The lowest BCUT2D eigenvalue weighted by Gasteiger charge is -2.13. The summed E-state index contributed by atoms with van der Waals surface area (Å²) < 4.78 is 64.6. The molecule has 0 radical (unpaired) electrons. The molecule has 1 aromatic carbocycles. The van der Waals surface area contributed by atoms with Crippen molar-refractivity contribution >= 4 is 56.2 Å². The van der Waals surface area contributed by atoms with Crippen LogP contribution in [-0.2, 0) is 16.2 Å². The van der Waals surface area contributed by atoms with Crippen molar-refractivity contribution < 1.29 is 31.5 Å². The molecular formula is C12H6Cl2F3NO4S2. The third-order valence-corrected chi connectivity index (χ3v) is 5.89. The number of thiophene rings is 1. The molecule has 12 heteroatoms. The van der Waals surface area contributed by atoms with Gasteiger partial charge in [-0.3, -0.25) is 4.72 Å². The largest absolute Gasteiger partial charge is 0.477 e. The second-order valence-corrected chi connectivity index (χ2v) is 7.69. The van der Waals surface area contributed by atoms with Gasteiger partial charge in [0.2, 0.25) is 0 Å². The van der Waals surface area contributed by atoms with Crippen LogP contribution in [-0.4, -0.2) is 19.5 Å². The highest BCUT2D eigenvalue weighted by molar-refractivity contribution is 7.93. The number of hydrogen-bond acceptors (Lipinski definition) is 4. The molecule has 24 heavy (non-hydrogen) atoms. The lowest BCUT2D eigenvalue weighted by molar-refractivity contribution is -0.137. The minimum Gasteiger partial charge on any atom is -0.477 e. The lowest BCUT2D eigenvalue weighted by atomic mass is 10.2. The van der Waals surface area contributed by atoms with Gasteiger partial charge in [-0.05, 0) is 23.6 Å². The maximum Gasteiger partial charge on any atom is 0.416 e. The number of nitrogens with one attached hydrogen (secondary N) is 1. The fourth-order valence-corrected chi connectivity index (χ4v) is 4.77. The minimum atomic E-state index is -4.76. The van der Waals surface area contributed by atoms with E-state index in [0.717, 1.165) is 11.3 Å². The van der Waals surface area contributed by atoms with Crippen molar-refractivity contribution in [3.8, 4) is 0 Å². The van der Waals surface area contributed by atoms with E-state index in [2.05, 4.69) is 0 Å². The van der Waals surface area contributed by atoms with Gasteiger partial charge in [0.15, 0.2) is 0 Å². The molecular weight excluding hydrogens is 414 g/mol. The van der Waals surface area contributed by atoms with Crippen molar-refractivity contribution in [3.63, 3.8) is 0 Å². The van der Waals surface area contributed by atoms with Crippen molar-refractivity contribution in [1.82, 2.24) is 0 Å². The number of alkyl halides is 3. The molecule has 0 aliphatic carbocycles. The Morgan fingerprint density at radius 3 is 2.21 bits per heavy atom. The topological polar surface area (TPSA) is 83.5 Å². The van der Waals surface area contributed by atoms with E-state index in [9.17, 15) is 26.4 Å². The fourth-order valence-electron chi connectivity index (χ4n) is 1.73. The second kappa shape index (κ2) is 6.43. The number of carboxylic acids is 1. The van der Waals surface area contributed by atoms with Crippen LogP contribution >= 0.6 is 34.5 Å². The average Bonchev–Trinajstić information content (AvgIpc) is 2.83. The van der Waals surface area contributed by atoms with E-state index in [0.29, 0.717) is 12.1 Å². The Labute approximate surface area is 147 Å². The van der Waals surface area contributed by atoms with Crippen LogP contribution < -0.4 is 4.72 Å². The summed E-state index contributed by atoms with van der Waals surface area (Å²) in [4.78, 5) is 9.92. The summed E-state index contributed by atoms with van der Waals surface area (Å²) in [6.07, 6.45) is -4.76. The van der Waals surface area contributed by atoms with Crippen LogP contribution in [0.1, 0.15) is 15.2 Å². The molecule has 0 atom stereocenters. The smallest absolute Gasteiger partial charge is 0.416 e. The first-order valence-corrected chi connectivity index (χ1v) is 8.95. The minimum absolute atomic E-state index is 0.250. The van der Waals surface area contributed by atoms with Crippen LogP contribution in [0.3, 0.4) is 0 Å². The first-order valence-electron chi connectivity index (χ1n) is 5.83. The predicted molar refractivity (Wildman–Crippen MR) is 83.6 cm³/mol. The zero-order valence-electron chi connectivity index (χ0n) is 11.2. The van der Waals surface area contributed by atoms with E-state index >= 15 is 0 Å². The summed E-state index contributed by atoms with van der Waals surface area (Å²) in [6.45, 7) is 0. The van der Waals surface area contributed by atoms with Crippen LogP contribution in [0.15, 0.2) is 28.5 Å². The van der Waals surface area contributed by atoms with Crippen LogP contribution in [0.4, 0.5) is 18.9 Å². The summed E-state index contributed by atoms with van der Waals surface area (Å²) in [6, 6.07) is 2.04. The highest BCUT2D eigenvalue weighted by Gasteiger charge is 2.34. The zero-order chi connectivity index (χ0) is 18.3. The zero-order valence-corrected chi connectivity index (χ0v) is 14.3. The Balaban J connectivity index is 2.50. The molecule has 2 N–H and O–H groups in total. The van der Waals surface area contributed by atoms with Crippen LogP contribution in [0.2, 0.25) is 10.0 Å². The van der Waals surface area contributed by atoms with Gasteiger partial charge in [-0.25, -0.2) is 13.2 Å². The average molecular weight is 420 g/mol. The van der Waals surface area contributed by atoms with Crippen molar-refractivity contribution in [2.75, 3.05) is 4.72 Å². The number of sulfonamides is 1. The van der Waals surface area contributed by atoms with E-state index < -0.39 is 42.7 Å². The van der Waals surface area contributed by atoms with Gasteiger partial charge in [0.1, 0.15) is 9.77 Å². The van der Waals surface area contributed by atoms with E-state index in [1.54, 1.807) is 0 Å². The number of hydrogen-bond donors (Lipinski definition) is 2. The Kier molecular flexibility index (Phi) is 5.05. The third kappa shape index (κ3) is 3.77. The molecule has 5 nitrogen and oxygen atoms in total. The van der Waals surface area contributed by atoms with Crippen molar-refractivity contribution in [2.45, 2.75) is 11.1 Å². The Morgan fingerprint density at radius 1 is 1.21 bits per heavy atom. The molecule has 1 heterocycles. The highest BCUT2D eigenvalue weighted by atomic mass is 35.5. The summed E-state index contributed by atoms with van der Waals surface area (Å²) in [5.41, 5.74) is -1.46. The Morgan fingerprint density at radius 2 is 1.75 bits per heavy atom. The summed E-state index contributed by atoms with van der Waals surface area (Å²) in [5, 5.41) is 8.80. The maximum atomic E-state index is 12.7. The number of rotatable bonds is 4. The molecule has 0 spiro atoms. The van der Waals surface area contributed by atoms with Gasteiger partial charge >= 0.3 is 12.1 Å². The van der Waals surface area contributed by atoms with E-state index in [1.807, 2.05) is 4.72 Å². The van der Waals surface area contributed by atoms with E-state index in [-0.39, 0.29) is 10.6 Å². The monoisotopic (exact) mass is 419 g/mol. The number of carbonyl (C=O) groups is 1. The van der Waals surface area contributed by atoms with Gasteiger partial charge in [-0.2, -0.15) is 13.2 Å². The van der Waals surface area contributed by atoms with Gasteiger partial charge < -0.3 is 5.11 Å². The van der Waals surface area contributed by atoms with E-state index in [4.69, 9.17) is 28.3 Å². The molecule has 1 aromatic heterocycles. The molecule has 2 aromatic rings. The highest BCUT2D eigenvalue weighted by Crippen LogP contribution is 2.38. The maximum absolute atomic E-state index is 12.7. The molecule has 0 saturated carbocycles. The first kappa shape index (κ1) is 18.8. The van der Waals surface area contributed by atoms with Crippen molar-refractivity contribution in [1.29, 1.82) is 0 Å². The standard InChI is InChI=1S/C12H6Cl2F3NO4S2/c13-6-3-5(12(15,16)17)4-7(14)10(6)24(21,22)18-8-1-2-23-9(8)11(19)20/h1-4,18H,(H,19,20). The number of aromatic carboxylic acids is 1. The first-order chi connectivity index (χ1) is 10.9. The quantitative estimate of drug-likeness (QED) is 0.759. The van der Waals surface area contributed by atoms with Gasteiger partial charge in [0.25, 0.3) is 10.0 Å². The molecule has 0 saturated heterocycles. The number of anilines is 1. The van der Waals surface area contributed by atoms with Crippen molar-refractivity contribution in [3.05, 3.63) is 44.1 Å². The van der Waals surface area contributed by atoms with Gasteiger partial charge in [-0.15, -0.1) is 11.3 Å². The molecule has 0 fully saturated rings. The Hall–Kier alpha value is -1.49. The molecule has 2 rings (SSSR count). The molecule has 0 unspecified atom stereocenters. The van der Waals surface area contributed by atoms with Crippen LogP contribution in [0.5, 0.6) is 0 Å². The molecule has 0 bridgehead atoms. The van der Waals surface area contributed by atoms with Gasteiger partial charge in [-0.1, -0.05) is 23.2 Å². The molecule has 130 valence electrons. The molecule has 0 aliphatic rings. The third-order valence-electron chi connectivity index (χ3n) is 2.70. The summed E-state index contributed by atoms with van der Waals surface area (Å²) in [7, 11) is -4.50. The van der Waals surface area contributed by atoms with Gasteiger partial charge in [0, 0.05) is 0 Å². The summed E-state index contributed by atoms with van der Waals surface area (Å²) >= 11 is 12.1. The molecule has 0 aliphatic heterocycles. The predicted octanol–water partition coefficient (Wildman–Crippen LogP) is 4.57. The number of benzene rings is 1. The lowest BCUT2D eigenvalue weighted by Crippen LogP contribution is -2.16. The van der Waals surface area contributed by atoms with Gasteiger partial charge in [0.05, 0.1) is 21.3 Å². The molecule has 0 amide bonds.